The maximum absolute atomic E-state index is 2.65. The van der Waals surface area contributed by atoms with Crippen LogP contribution in [0, 0.1) is 64.1 Å². The molecule has 0 saturated heterocycles. The van der Waals surface area contributed by atoms with Gasteiger partial charge in [-0.25, -0.2) is 0 Å². The van der Waals surface area contributed by atoms with Crippen LogP contribution >= 0.6 is 0 Å². The summed E-state index contributed by atoms with van der Waals surface area (Å²) in [7, 11) is 0. The van der Waals surface area contributed by atoms with E-state index < -0.39 is 0 Å². The lowest BCUT2D eigenvalue weighted by molar-refractivity contribution is -0.153. The van der Waals surface area contributed by atoms with E-state index in [1.165, 1.54) is 64.2 Å². The second-order valence-corrected chi connectivity index (χ2v) is 14.1. The molecule has 0 aromatic rings. The standard InChI is InChI=1S/C30H56/c1-20(2)24-15-13-22(5)18-26(24)27-12-10-11-17-30(27,29(7,8)9)28-19-23(6)14-16-25(28)21(3)4/h20-28H,10-19H2,1-9H3. The van der Waals surface area contributed by atoms with Gasteiger partial charge in [-0.15, -0.1) is 0 Å². The Kier molecular flexibility index (Phi) is 7.78. The van der Waals surface area contributed by atoms with Crippen molar-refractivity contribution < 1.29 is 0 Å². The average molecular weight is 417 g/mol. The molecule has 3 aliphatic rings. The normalized spacial score (nSPS) is 43.9. The minimum atomic E-state index is 0.412. The van der Waals surface area contributed by atoms with Crippen molar-refractivity contribution in [2.24, 2.45) is 64.1 Å². The van der Waals surface area contributed by atoms with Crippen molar-refractivity contribution in [1.29, 1.82) is 0 Å². The summed E-state index contributed by atoms with van der Waals surface area (Å²) in [5.41, 5.74) is 0.957. The summed E-state index contributed by atoms with van der Waals surface area (Å²) in [6.45, 7) is 23.2. The second-order valence-electron chi connectivity index (χ2n) is 14.1. The Bertz CT molecular complexity index is 537. The Labute approximate surface area is 190 Å². The molecule has 8 atom stereocenters. The summed E-state index contributed by atoms with van der Waals surface area (Å²) >= 11 is 0. The van der Waals surface area contributed by atoms with E-state index in [4.69, 9.17) is 0 Å². The zero-order valence-electron chi connectivity index (χ0n) is 22.3. The summed E-state index contributed by atoms with van der Waals surface area (Å²) in [6, 6.07) is 0. The predicted octanol–water partition coefficient (Wildman–Crippen LogP) is 9.63. The van der Waals surface area contributed by atoms with E-state index in [1.54, 1.807) is 0 Å². The zero-order chi connectivity index (χ0) is 22.3. The van der Waals surface area contributed by atoms with Gasteiger partial charge in [0.2, 0.25) is 0 Å². The van der Waals surface area contributed by atoms with Gasteiger partial charge in [-0.1, -0.05) is 88.0 Å². The van der Waals surface area contributed by atoms with Crippen molar-refractivity contribution in [3.8, 4) is 0 Å². The van der Waals surface area contributed by atoms with E-state index in [2.05, 4.69) is 62.3 Å². The van der Waals surface area contributed by atoms with Crippen LogP contribution in [0.1, 0.15) is 127 Å². The fraction of sp³-hybridized carbons (Fsp3) is 1.00. The highest BCUT2D eigenvalue weighted by Gasteiger charge is 2.59. The molecule has 3 fully saturated rings. The van der Waals surface area contributed by atoms with Gasteiger partial charge in [-0.2, -0.15) is 0 Å². The minimum Gasteiger partial charge on any atom is -0.0625 e. The van der Waals surface area contributed by atoms with Gasteiger partial charge in [0, 0.05) is 0 Å². The molecule has 0 aliphatic heterocycles. The van der Waals surface area contributed by atoms with Crippen LogP contribution in [0.2, 0.25) is 0 Å². The van der Waals surface area contributed by atoms with E-state index in [0.717, 1.165) is 53.3 Å². The minimum absolute atomic E-state index is 0.412. The summed E-state index contributed by atoms with van der Waals surface area (Å²) in [5, 5.41) is 0. The molecule has 0 spiro atoms. The lowest BCUT2D eigenvalue weighted by Gasteiger charge is -2.64. The quantitative estimate of drug-likeness (QED) is 0.428. The Hall–Kier alpha value is 0. The van der Waals surface area contributed by atoms with Gasteiger partial charge in [0.1, 0.15) is 0 Å². The van der Waals surface area contributed by atoms with Gasteiger partial charge in [0.25, 0.3) is 0 Å². The summed E-state index contributed by atoms with van der Waals surface area (Å²) in [4.78, 5) is 0. The van der Waals surface area contributed by atoms with Crippen molar-refractivity contribution in [1.82, 2.24) is 0 Å². The molecule has 176 valence electrons. The lowest BCUT2D eigenvalue weighted by atomic mass is 9.41. The summed E-state index contributed by atoms with van der Waals surface area (Å²) in [5.74, 6) is 8.34. The Morgan fingerprint density at radius 3 is 1.80 bits per heavy atom. The molecule has 0 aromatic carbocycles. The van der Waals surface area contributed by atoms with Crippen LogP contribution in [0.25, 0.3) is 0 Å². The van der Waals surface area contributed by atoms with Gasteiger partial charge in [-0.05, 0) is 103 Å². The first-order chi connectivity index (χ1) is 14.0. The fourth-order valence-corrected chi connectivity index (χ4v) is 9.30. The van der Waals surface area contributed by atoms with Gasteiger partial charge in [-0.3, -0.25) is 0 Å². The molecular weight excluding hydrogens is 360 g/mol. The largest absolute Gasteiger partial charge is 0.0625 e. The van der Waals surface area contributed by atoms with Crippen LogP contribution in [0.3, 0.4) is 0 Å². The predicted molar refractivity (Wildman–Crippen MR) is 134 cm³/mol. The highest BCUT2D eigenvalue weighted by atomic mass is 14.6. The van der Waals surface area contributed by atoms with Crippen LogP contribution in [-0.4, -0.2) is 0 Å². The Balaban J connectivity index is 2.09. The molecule has 8 unspecified atom stereocenters. The molecule has 3 rings (SSSR count). The Morgan fingerprint density at radius 2 is 1.23 bits per heavy atom. The third kappa shape index (κ3) is 4.55. The molecule has 0 heteroatoms. The first kappa shape index (κ1) is 24.6. The Morgan fingerprint density at radius 1 is 0.667 bits per heavy atom. The van der Waals surface area contributed by atoms with Crippen molar-refractivity contribution >= 4 is 0 Å². The highest BCUT2D eigenvalue weighted by molar-refractivity contribution is 5.07. The van der Waals surface area contributed by atoms with E-state index >= 15 is 0 Å². The maximum atomic E-state index is 2.65. The summed E-state index contributed by atoms with van der Waals surface area (Å²) < 4.78 is 0. The van der Waals surface area contributed by atoms with E-state index in [0.29, 0.717) is 10.8 Å². The maximum Gasteiger partial charge on any atom is -0.0187 e. The number of rotatable bonds is 4. The SMILES string of the molecule is CC1CCC(C(C)C)C(C2CCCCC2(C2CC(C)CCC2C(C)C)C(C)(C)C)C1. The van der Waals surface area contributed by atoms with E-state index in [9.17, 15) is 0 Å². The average Bonchev–Trinajstić information content (AvgIpc) is 2.66. The van der Waals surface area contributed by atoms with E-state index in [1.807, 2.05) is 0 Å². The fourth-order valence-electron chi connectivity index (χ4n) is 9.30. The molecule has 30 heavy (non-hydrogen) atoms. The number of hydrogen-bond acceptors (Lipinski definition) is 0. The second kappa shape index (κ2) is 9.47. The van der Waals surface area contributed by atoms with Crippen LogP contribution in [-0.2, 0) is 0 Å². The molecule has 3 saturated carbocycles. The van der Waals surface area contributed by atoms with Crippen molar-refractivity contribution in [3.05, 3.63) is 0 Å². The molecule has 0 N–H and O–H groups in total. The molecule has 0 radical (unpaired) electrons. The van der Waals surface area contributed by atoms with Gasteiger partial charge >= 0.3 is 0 Å². The third-order valence-corrected chi connectivity index (χ3v) is 10.7. The van der Waals surface area contributed by atoms with Crippen LogP contribution < -0.4 is 0 Å². The van der Waals surface area contributed by atoms with Crippen LogP contribution in [0.15, 0.2) is 0 Å². The molecule has 0 heterocycles. The van der Waals surface area contributed by atoms with Gasteiger partial charge in [0.05, 0.1) is 0 Å². The van der Waals surface area contributed by atoms with Crippen molar-refractivity contribution in [2.45, 2.75) is 127 Å². The molecular formula is C30H56. The summed E-state index contributed by atoms with van der Waals surface area (Å²) in [6.07, 6.45) is 15.0. The van der Waals surface area contributed by atoms with Crippen LogP contribution in [0.5, 0.6) is 0 Å². The first-order valence-electron chi connectivity index (χ1n) is 14.0. The van der Waals surface area contributed by atoms with Gasteiger partial charge < -0.3 is 0 Å². The van der Waals surface area contributed by atoms with Crippen molar-refractivity contribution in [2.75, 3.05) is 0 Å². The zero-order valence-corrected chi connectivity index (χ0v) is 22.3. The van der Waals surface area contributed by atoms with Gasteiger partial charge in [0.15, 0.2) is 0 Å². The lowest BCUT2D eigenvalue weighted by Crippen LogP contribution is -2.57. The van der Waals surface area contributed by atoms with Crippen LogP contribution in [0.4, 0.5) is 0 Å². The molecule has 0 amide bonds. The smallest absolute Gasteiger partial charge is 0.0187 e. The molecule has 3 aliphatic carbocycles. The van der Waals surface area contributed by atoms with Crippen molar-refractivity contribution in [3.63, 3.8) is 0 Å². The molecule has 0 nitrogen and oxygen atoms in total. The highest BCUT2D eigenvalue weighted by Crippen LogP contribution is 2.66. The first-order valence-corrected chi connectivity index (χ1v) is 14.0. The monoisotopic (exact) mass is 416 g/mol. The molecule has 0 aromatic heterocycles. The molecule has 0 bridgehead atoms. The third-order valence-electron chi connectivity index (χ3n) is 10.7. The van der Waals surface area contributed by atoms with E-state index in [-0.39, 0.29) is 0 Å². The number of hydrogen-bond donors (Lipinski definition) is 0. The topological polar surface area (TPSA) is 0 Å².